The van der Waals surface area contributed by atoms with Gasteiger partial charge in [0, 0.05) is 12.8 Å². The summed E-state index contributed by atoms with van der Waals surface area (Å²) in [6.45, 7) is 1.31. The van der Waals surface area contributed by atoms with Crippen LogP contribution in [0.1, 0.15) is 24.9 Å². The Morgan fingerprint density at radius 2 is 1.19 bits per heavy atom. The number of hydrogen-bond acceptors (Lipinski definition) is 12. The smallest absolute Gasteiger partial charge is 0.218 e. The lowest BCUT2D eigenvalue weighted by Crippen LogP contribution is -2.37. The topological polar surface area (TPSA) is 142 Å². The zero-order valence-electron chi connectivity index (χ0n) is 16.6. The number of ether oxygens (including phenoxy) is 4. The van der Waals surface area contributed by atoms with Crippen molar-refractivity contribution in [2.45, 2.75) is 62.8 Å². The average molecular weight is 483 g/mol. The number of aryl methyl sites for hydroxylation is 2. The fourth-order valence-electron chi connectivity index (χ4n) is 4.39. The van der Waals surface area contributed by atoms with Gasteiger partial charge in [-0.15, -0.1) is 0 Å². The Bertz CT molecular complexity index is 1110. The van der Waals surface area contributed by atoms with Gasteiger partial charge in [-0.05, 0) is 45.3 Å². The van der Waals surface area contributed by atoms with E-state index in [1.807, 2.05) is 0 Å². The second-order valence-corrected chi connectivity index (χ2v) is 8.74. The number of carbonyl (C=O) groups excluding carboxylic acids is 2. The summed E-state index contributed by atoms with van der Waals surface area (Å²) in [5.41, 5.74) is 0. The van der Waals surface area contributed by atoms with Gasteiger partial charge in [-0.2, -0.15) is 0 Å². The van der Waals surface area contributed by atoms with Gasteiger partial charge in [0.15, 0.2) is 11.6 Å². The van der Waals surface area contributed by atoms with Gasteiger partial charge in [-0.1, -0.05) is 0 Å². The summed E-state index contributed by atoms with van der Waals surface area (Å²) >= 11 is 11.0. The zero-order valence-corrected chi connectivity index (χ0v) is 18.2. The Morgan fingerprint density at radius 3 is 1.62 bits per heavy atom. The summed E-state index contributed by atoms with van der Waals surface area (Å²) in [5.74, 6) is -0.264. The van der Waals surface area contributed by atoms with Crippen molar-refractivity contribution in [1.82, 2.24) is 39.6 Å². The molecule has 0 spiro atoms. The number of ketones is 2. The molecule has 4 aliphatic rings. The maximum Gasteiger partial charge on any atom is 0.218 e. The van der Waals surface area contributed by atoms with E-state index in [2.05, 4.69) is 20.9 Å². The van der Waals surface area contributed by atoms with Crippen LogP contribution in [0.25, 0.3) is 0 Å². The van der Waals surface area contributed by atoms with E-state index in [1.54, 1.807) is 0 Å². The Labute approximate surface area is 189 Å². The van der Waals surface area contributed by atoms with Gasteiger partial charge in [0.2, 0.25) is 22.1 Å². The van der Waals surface area contributed by atoms with Crippen molar-refractivity contribution >= 4 is 36.0 Å². The van der Waals surface area contributed by atoms with Crippen LogP contribution < -0.4 is 0 Å². The molecule has 0 unspecified atom stereocenters. The summed E-state index contributed by atoms with van der Waals surface area (Å²) in [7, 11) is 0. The van der Waals surface area contributed by atoms with Crippen molar-refractivity contribution < 1.29 is 28.5 Å². The normalized spacial score (nSPS) is 33.9. The summed E-state index contributed by atoms with van der Waals surface area (Å²) in [4.78, 5) is 24.2. The number of fused-ring (bicyclic) bond motifs is 4. The second-order valence-electron chi connectivity index (χ2n) is 8.01. The third kappa shape index (κ3) is 3.20. The molecular weight excluding hydrogens is 464 g/mol. The third-order valence-electron chi connectivity index (χ3n) is 6.10. The first kappa shape index (κ1) is 20.4. The third-order valence-corrected chi connectivity index (χ3v) is 6.89. The fraction of sp³-hybridized carbons (Fsp3) is 0.750. The molecule has 6 heterocycles. The van der Waals surface area contributed by atoms with Crippen LogP contribution in [0, 0.1) is 9.54 Å². The first-order valence-corrected chi connectivity index (χ1v) is 11.0. The molecule has 2 aromatic heterocycles. The van der Waals surface area contributed by atoms with Crippen molar-refractivity contribution in [3.8, 4) is 0 Å². The number of Topliss-reactive ketones (excluding diaryl/α,β-unsaturated/α-hetero) is 2. The van der Waals surface area contributed by atoms with E-state index in [0.29, 0.717) is 35.8 Å². The Morgan fingerprint density at radius 1 is 0.750 bits per heavy atom. The molecule has 0 saturated carbocycles. The molecule has 14 nitrogen and oxygen atoms in total. The van der Waals surface area contributed by atoms with Gasteiger partial charge >= 0.3 is 0 Å². The van der Waals surface area contributed by atoms with Crippen LogP contribution in [0.4, 0.5) is 0 Å². The van der Waals surface area contributed by atoms with E-state index in [1.165, 1.54) is 18.7 Å². The van der Waals surface area contributed by atoms with E-state index in [9.17, 15) is 9.59 Å². The van der Waals surface area contributed by atoms with Crippen LogP contribution in [0.15, 0.2) is 0 Å². The molecule has 6 rings (SSSR count). The molecule has 4 fully saturated rings. The molecule has 0 amide bonds. The summed E-state index contributed by atoms with van der Waals surface area (Å²) < 4.78 is 28.7. The molecule has 0 radical (unpaired) electrons. The van der Waals surface area contributed by atoms with Crippen LogP contribution >= 0.6 is 24.4 Å². The lowest BCUT2D eigenvalue weighted by molar-refractivity contribution is -0.156. The lowest BCUT2D eigenvalue weighted by Gasteiger charge is -2.25. The number of hydrogen-bond donors (Lipinski definition) is 0. The quantitative estimate of drug-likeness (QED) is 0.490. The van der Waals surface area contributed by atoms with Crippen LogP contribution in [-0.2, 0) is 41.6 Å². The van der Waals surface area contributed by atoms with Crippen LogP contribution in [0.2, 0.25) is 0 Å². The molecule has 6 atom stereocenters. The van der Waals surface area contributed by atoms with Gasteiger partial charge in [-0.3, -0.25) is 9.59 Å². The highest BCUT2D eigenvalue weighted by molar-refractivity contribution is 7.71. The highest BCUT2D eigenvalue weighted by atomic mass is 32.1. The van der Waals surface area contributed by atoms with E-state index in [4.69, 9.17) is 43.4 Å². The highest BCUT2D eigenvalue weighted by Crippen LogP contribution is 2.33. The fourth-order valence-corrected chi connectivity index (χ4v) is 4.99. The van der Waals surface area contributed by atoms with Crippen molar-refractivity contribution in [3.05, 3.63) is 9.54 Å². The molecule has 170 valence electrons. The maximum atomic E-state index is 12.1. The van der Waals surface area contributed by atoms with Crippen LogP contribution in [0.5, 0.6) is 0 Å². The predicted octanol–water partition coefficient (Wildman–Crippen LogP) is -0.857. The molecule has 0 N–H and O–H groups in total. The summed E-state index contributed by atoms with van der Waals surface area (Å²) in [6, 6.07) is -0.710. The van der Waals surface area contributed by atoms with Crippen molar-refractivity contribution in [2.24, 2.45) is 0 Å². The largest absolute Gasteiger partial charge is 0.343 e. The number of nitrogens with zero attached hydrogens (tertiary/aromatic N) is 8. The number of carbonyl (C=O) groups is 2. The van der Waals surface area contributed by atoms with Crippen molar-refractivity contribution in [3.63, 3.8) is 0 Å². The van der Waals surface area contributed by atoms with Crippen molar-refractivity contribution in [2.75, 3.05) is 13.2 Å². The monoisotopic (exact) mass is 482 g/mol. The van der Waals surface area contributed by atoms with Crippen molar-refractivity contribution in [1.29, 1.82) is 0 Å². The lowest BCUT2D eigenvalue weighted by atomic mass is 10.0. The van der Waals surface area contributed by atoms with E-state index < -0.39 is 12.6 Å². The Kier molecular flexibility index (Phi) is 4.88. The minimum atomic E-state index is -0.781. The highest BCUT2D eigenvalue weighted by Gasteiger charge is 2.46. The van der Waals surface area contributed by atoms with Crippen LogP contribution in [0.3, 0.4) is 0 Å². The number of aromatic nitrogens is 8. The first-order valence-electron chi connectivity index (χ1n) is 10.1. The molecule has 4 bridgehead atoms. The molecule has 16 heteroatoms. The standard InChI is InChI=1S/C16H18N8O6S2/c25-9-3-7(11-5-27-13(9)29-11)23-15(31)21(17-19-23)1-2-22-16(32)24(20-18-22)8-4-10(26)14-28-6-12(8)30-14/h7-8,11-14H,1-6H2/t7-,8-,11+,12+,13-,14-/m1/s1. The zero-order chi connectivity index (χ0) is 22.0. The van der Waals surface area contributed by atoms with Gasteiger partial charge in [0.1, 0.15) is 12.2 Å². The number of tetrazole rings is 2. The van der Waals surface area contributed by atoms with E-state index in [0.717, 1.165) is 0 Å². The SMILES string of the molecule is O=C1C[C@@H](n2nnn(CCn3nnn([C@@H]4CC(=O)[C@@H]5OC[C@@H]4O5)c3=S)c2=S)[C@@H]2CO[C@@H]1O2. The Hall–Kier alpha value is -2.24. The van der Waals surface area contributed by atoms with E-state index >= 15 is 0 Å². The first-order chi connectivity index (χ1) is 15.5. The predicted molar refractivity (Wildman–Crippen MR) is 104 cm³/mol. The number of rotatable bonds is 5. The molecule has 0 aliphatic carbocycles. The Balaban J connectivity index is 1.17. The molecule has 0 aromatic carbocycles. The average Bonchev–Trinajstić information content (AvgIpc) is 3.55. The molecule has 32 heavy (non-hydrogen) atoms. The molecule has 4 aliphatic heterocycles. The van der Waals surface area contributed by atoms with Gasteiger partial charge in [0.25, 0.3) is 0 Å². The molecule has 4 saturated heterocycles. The van der Waals surface area contributed by atoms with Gasteiger partial charge in [0.05, 0.1) is 38.4 Å². The molecular formula is C16H18N8O6S2. The minimum absolute atomic E-state index is 0.132. The van der Waals surface area contributed by atoms with Gasteiger partial charge < -0.3 is 18.9 Å². The summed E-state index contributed by atoms with van der Waals surface area (Å²) in [5, 5.41) is 16.5. The van der Waals surface area contributed by atoms with E-state index in [-0.39, 0.29) is 48.7 Å². The minimum Gasteiger partial charge on any atom is -0.343 e. The second kappa shape index (κ2) is 7.67. The molecule has 2 aromatic rings. The summed E-state index contributed by atoms with van der Waals surface area (Å²) in [6.07, 6.45) is -1.68. The van der Waals surface area contributed by atoms with Crippen LogP contribution in [-0.4, -0.2) is 89.1 Å². The van der Waals surface area contributed by atoms with Gasteiger partial charge in [-0.25, -0.2) is 18.7 Å². The maximum absolute atomic E-state index is 12.1.